The highest BCUT2D eigenvalue weighted by molar-refractivity contribution is 7.90. The van der Waals surface area contributed by atoms with Crippen molar-refractivity contribution in [2.45, 2.75) is 37.0 Å². The van der Waals surface area contributed by atoms with E-state index in [0.717, 1.165) is 63.6 Å². The smallest absolute Gasteiger partial charge is 0.268 e. The van der Waals surface area contributed by atoms with Gasteiger partial charge in [-0.05, 0) is 90.4 Å². The number of H-pyrrole nitrogens is 1. The molecule has 0 spiro atoms. The summed E-state index contributed by atoms with van der Waals surface area (Å²) in [6.45, 7) is 2.71. The van der Waals surface area contributed by atoms with E-state index in [1.165, 1.54) is 25.0 Å². The first kappa shape index (κ1) is 27.2. The number of aryl methyl sites for hydroxylation is 1. The number of thiophene rings is 1. The van der Waals surface area contributed by atoms with Crippen molar-refractivity contribution in [2.75, 3.05) is 11.9 Å². The Morgan fingerprint density at radius 3 is 2.66 bits per heavy atom. The van der Waals surface area contributed by atoms with Gasteiger partial charge in [-0.25, -0.2) is 16.8 Å². The Bertz CT molecular complexity index is 2280. The van der Waals surface area contributed by atoms with Crippen LogP contribution >= 0.6 is 11.3 Å². The number of rotatable bonds is 5. The van der Waals surface area contributed by atoms with Crippen LogP contribution in [0.3, 0.4) is 0 Å². The molecule has 7 aromatic rings. The van der Waals surface area contributed by atoms with Gasteiger partial charge in [0.25, 0.3) is 10.0 Å². The molecule has 1 atom stereocenters. The van der Waals surface area contributed by atoms with Crippen LogP contribution in [0.5, 0.6) is 0 Å². The maximum atomic E-state index is 14.4. The highest BCUT2D eigenvalue weighted by Gasteiger charge is 2.29. The first-order chi connectivity index (χ1) is 21.4. The standard InChI is InChI=1S/C36H30FN3O2S2/c1-22-8-11-27(12-9-22)44(41,42)40-21-24(18-26-17-23-5-2-3-7-34(23)43-26)35-33(40)15-13-29-28(6-4-16-38-36(29)35)31-20-39-32-14-10-25(37)19-30(31)32/h2-3,5,7-15,17,19-21,28,38-39H,4,6,16,18H2,1H3. The molecule has 0 radical (unpaired) electrons. The van der Waals surface area contributed by atoms with E-state index in [1.807, 2.05) is 49.6 Å². The molecule has 0 amide bonds. The number of anilines is 1. The second-order valence-corrected chi connectivity index (χ2v) is 14.7. The van der Waals surface area contributed by atoms with Crippen molar-refractivity contribution in [2.24, 2.45) is 0 Å². The summed E-state index contributed by atoms with van der Waals surface area (Å²) in [7, 11) is -3.86. The summed E-state index contributed by atoms with van der Waals surface area (Å²) in [5.41, 5.74) is 6.64. The third-order valence-corrected chi connectivity index (χ3v) is 11.7. The van der Waals surface area contributed by atoms with Crippen LogP contribution in [-0.4, -0.2) is 23.9 Å². The van der Waals surface area contributed by atoms with Gasteiger partial charge in [-0.15, -0.1) is 11.3 Å². The van der Waals surface area contributed by atoms with Crippen LogP contribution in [0.25, 0.3) is 31.9 Å². The minimum absolute atomic E-state index is 0.0224. The summed E-state index contributed by atoms with van der Waals surface area (Å²) in [5.74, 6) is -0.237. The molecule has 0 saturated heterocycles. The Kier molecular flexibility index (Phi) is 6.39. The quantitative estimate of drug-likeness (QED) is 0.202. The molecular weight excluding hydrogens is 590 g/mol. The van der Waals surface area contributed by atoms with E-state index in [2.05, 4.69) is 34.6 Å². The third-order valence-electron chi connectivity index (χ3n) is 8.86. The van der Waals surface area contributed by atoms with E-state index < -0.39 is 10.0 Å². The van der Waals surface area contributed by atoms with E-state index in [1.54, 1.807) is 35.6 Å². The Balaban J connectivity index is 1.35. The van der Waals surface area contributed by atoms with Crippen LogP contribution in [0.1, 0.15) is 45.9 Å². The van der Waals surface area contributed by atoms with Crippen molar-refractivity contribution < 1.29 is 12.8 Å². The first-order valence-corrected chi connectivity index (χ1v) is 17.1. The number of nitrogens with one attached hydrogen (secondary N) is 2. The van der Waals surface area contributed by atoms with Crippen LogP contribution in [0.15, 0.2) is 102 Å². The average molecular weight is 620 g/mol. The lowest BCUT2D eigenvalue weighted by Gasteiger charge is -2.19. The van der Waals surface area contributed by atoms with E-state index in [4.69, 9.17) is 0 Å². The van der Waals surface area contributed by atoms with Crippen molar-refractivity contribution in [3.05, 3.63) is 130 Å². The Morgan fingerprint density at radius 2 is 1.82 bits per heavy atom. The van der Waals surface area contributed by atoms with Gasteiger partial charge in [-0.1, -0.05) is 42.0 Å². The van der Waals surface area contributed by atoms with Crippen LogP contribution in [0.4, 0.5) is 10.1 Å². The fraction of sp³-hybridized carbons (Fsp3) is 0.167. The van der Waals surface area contributed by atoms with Crippen LogP contribution < -0.4 is 5.32 Å². The number of aromatic amines is 1. The predicted octanol–water partition coefficient (Wildman–Crippen LogP) is 8.95. The molecule has 4 aromatic carbocycles. The summed E-state index contributed by atoms with van der Waals surface area (Å²) < 4.78 is 45.3. The monoisotopic (exact) mass is 619 g/mol. The maximum absolute atomic E-state index is 14.4. The number of hydrogen-bond donors (Lipinski definition) is 2. The molecule has 1 aliphatic rings. The molecule has 44 heavy (non-hydrogen) atoms. The lowest BCUT2D eigenvalue weighted by atomic mass is 9.86. The zero-order valence-corrected chi connectivity index (χ0v) is 25.7. The van der Waals surface area contributed by atoms with Crippen LogP contribution in [0.2, 0.25) is 0 Å². The number of aromatic nitrogens is 2. The molecule has 0 saturated carbocycles. The van der Waals surface area contributed by atoms with Crippen LogP contribution in [-0.2, 0) is 16.4 Å². The molecule has 0 aliphatic carbocycles. The number of halogens is 1. The highest BCUT2D eigenvalue weighted by Crippen LogP contribution is 2.45. The lowest BCUT2D eigenvalue weighted by Crippen LogP contribution is -2.12. The molecule has 1 aliphatic heterocycles. The molecule has 2 N–H and O–H groups in total. The predicted molar refractivity (Wildman–Crippen MR) is 178 cm³/mol. The Morgan fingerprint density at radius 1 is 0.977 bits per heavy atom. The van der Waals surface area contributed by atoms with Gasteiger partial charge >= 0.3 is 0 Å². The third kappa shape index (κ3) is 4.43. The molecule has 0 bridgehead atoms. The topological polar surface area (TPSA) is 66.9 Å². The second-order valence-electron chi connectivity index (χ2n) is 11.7. The zero-order chi connectivity index (χ0) is 30.0. The number of benzene rings is 4. The summed E-state index contributed by atoms with van der Waals surface area (Å²) in [6.07, 6.45) is 6.24. The van der Waals surface area contributed by atoms with Crippen molar-refractivity contribution in [3.63, 3.8) is 0 Å². The maximum Gasteiger partial charge on any atom is 0.268 e. The van der Waals surface area contributed by atoms with Gasteiger partial charge in [-0.2, -0.15) is 0 Å². The molecule has 3 aromatic heterocycles. The number of nitrogens with zero attached hydrogens (tertiary/aromatic N) is 1. The largest absolute Gasteiger partial charge is 0.384 e. The van der Waals surface area contributed by atoms with Crippen molar-refractivity contribution >= 4 is 58.9 Å². The summed E-state index contributed by atoms with van der Waals surface area (Å²) >= 11 is 1.74. The average Bonchev–Trinajstić information content (AvgIpc) is 3.69. The second kappa shape index (κ2) is 10.4. The zero-order valence-electron chi connectivity index (χ0n) is 24.1. The molecular formula is C36H30FN3O2S2. The molecule has 1 unspecified atom stereocenters. The van der Waals surface area contributed by atoms with E-state index in [0.29, 0.717) is 11.9 Å². The molecule has 8 rings (SSSR count). The SMILES string of the molecule is Cc1ccc(S(=O)(=O)n2cc(Cc3cc4ccccc4s3)c3c4c(ccc32)C(c2c[nH]c3ccc(F)cc23)CCCN4)cc1. The Hall–Kier alpha value is -4.40. The number of hydrogen-bond acceptors (Lipinski definition) is 4. The minimum atomic E-state index is -3.86. The van der Waals surface area contributed by atoms with Gasteiger partial charge in [0, 0.05) is 62.8 Å². The Labute approximate surface area is 259 Å². The molecule has 5 nitrogen and oxygen atoms in total. The van der Waals surface area contributed by atoms with Crippen molar-refractivity contribution in [1.82, 2.24) is 8.96 Å². The fourth-order valence-corrected chi connectivity index (χ4v) is 9.21. The molecule has 220 valence electrons. The van der Waals surface area contributed by atoms with Gasteiger partial charge in [0.2, 0.25) is 0 Å². The van der Waals surface area contributed by atoms with E-state index >= 15 is 0 Å². The van der Waals surface area contributed by atoms with Crippen molar-refractivity contribution in [1.29, 1.82) is 0 Å². The molecule has 8 heteroatoms. The van der Waals surface area contributed by atoms with Crippen molar-refractivity contribution in [3.8, 4) is 0 Å². The minimum Gasteiger partial charge on any atom is -0.384 e. The van der Waals surface area contributed by atoms with Gasteiger partial charge in [0.15, 0.2) is 0 Å². The fourth-order valence-electron chi connectivity index (χ4n) is 6.74. The number of fused-ring (bicyclic) bond motifs is 5. The summed E-state index contributed by atoms with van der Waals surface area (Å²) in [4.78, 5) is 4.77. The molecule has 0 fully saturated rings. The van der Waals surface area contributed by atoms with Gasteiger partial charge in [0.1, 0.15) is 5.82 Å². The van der Waals surface area contributed by atoms with Gasteiger partial charge < -0.3 is 10.3 Å². The highest BCUT2D eigenvalue weighted by atomic mass is 32.2. The lowest BCUT2D eigenvalue weighted by molar-refractivity contribution is 0.589. The van der Waals surface area contributed by atoms with E-state index in [-0.39, 0.29) is 16.6 Å². The normalized spacial score (nSPS) is 15.5. The van der Waals surface area contributed by atoms with E-state index in [9.17, 15) is 12.8 Å². The first-order valence-electron chi connectivity index (χ1n) is 14.8. The van der Waals surface area contributed by atoms with Crippen LogP contribution in [0, 0.1) is 12.7 Å². The van der Waals surface area contributed by atoms with Gasteiger partial charge in [-0.3, -0.25) is 0 Å². The summed E-state index contributed by atoms with van der Waals surface area (Å²) in [5, 5.41) is 6.69. The molecule has 4 heterocycles. The van der Waals surface area contributed by atoms with Gasteiger partial charge in [0.05, 0.1) is 10.4 Å². The summed E-state index contributed by atoms with van der Waals surface area (Å²) in [6, 6.07) is 26.4.